The molecule has 0 aliphatic heterocycles. The van der Waals surface area contributed by atoms with Gasteiger partial charge < -0.3 is 4.98 Å². The van der Waals surface area contributed by atoms with E-state index in [1.165, 1.54) is 27.8 Å². The minimum absolute atomic E-state index is 0.167. The van der Waals surface area contributed by atoms with E-state index in [2.05, 4.69) is 25.5 Å². The van der Waals surface area contributed by atoms with Gasteiger partial charge in [0.05, 0.1) is 22.7 Å². The monoisotopic (exact) mass is 452 g/mol. The van der Waals surface area contributed by atoms with Crippen molar-refractivity contribution in [3.63, 3.8) is 0 Å². The number of benzene rings is 1. The van der Waals surface area contributed by atoms with Crippen molar-refractivity contribution in [2.45, 2.75) is 17.8 Å². The van der Waals surface area contributed by atoms with Crippen LogP contribution in [0.5, 0.6) is 0 Å². The minimum Gasteiger partial charge on any atom is -0.309 e. The van der Waals surface area contributed by atoms with E-state index in [-0.39, 0.29) is 11.1 Å². The first kappa shape index (κ1) is 19.5. The second-order valence-electron chi connectivity index (χ2n) is 6.72. The number of aromatic amines is 1. The highest BCUT2D eigenvalue weighted by Gasteiger charge is 2.22. The van der Waals surface area contributed by atoms with Gasteiger partial charge in [0.25, 0.3) is 11.1 Å². The van der Waals surface area contributed by atoms with Gasteiger partial charge in [0, 0.05) is 7.05 Å². The summed E-state index contributed by atoms with van der Waals surface area (Å²) in [5.41, 5.74) is 2.10. The molecule has 12 heteroatoms. The number of H-pyrrole nitrogens is 1. The van der Waals surface area contributed by atoms with Crippen LogP contribution in [0.4, 0.5) is 0 Å². The molecule has 5 rings (SSSR count). The first-order chi connectivity index (χ1) is 15.0. The largest absolute Gasteiger partial charge is 0.309 e. The Hall–Kier alpha value is -3.51. The van der Waals surface area contributed by atoms with Crippen molar-refractivity contribution >= 4 is 33.3 Å². The summed E-state index contributed by atoms with van der Waals surface area (Å²) >= 11 is 2.64. The molecule has 0 aliphatic rings. The number of thioether (sulfide) groups is 1. The maximum Gasteiger partial charge on any atom is 0.297 e. The van der Waals surface area contributed by atoms with E-state index >= 15 is 0 Å². The Morgan fingerprint density at radius 1 is 1.16 bits per heavy atom. The maximum atomic E-state index is 13.3. The lowest BCUT2D eigenvalue weighted by Gasteiger charge is -2.07. The summed E-state index contributed by atoms with van der Waals surface area (Å²) in [5, 5.41) is 14.1. The molecule has 31 heavy (non-hydrogen) atoms. The summed E-state index contributed by atoms with van der Waals surface area (Å²) in [5.74, 6) is 0.863. The summed E-state index contributed by atoms with van der Waals surface area (Å²) in [6, 6.07) is 11.2. The van der Waals surface area contributed by atoms with Gasteiger partial charge in [-0.3, -0.25) is 14.3 Å². The van der Waals surface area contributed by atoms with Crippen LogP contribution >= 0.6 is 23.1 Å². The lowest BCUT2D eigenvalue weighted by atomic mass is 10.3. The van der Waals surface area contributed by atoms with E-state index in [9.17, 15) is 9.59 Å². The Morgan fingerprint density at radius 3 is 2.77 bits per heavy atom. The number of hydrogen-bond acceptors (Lipinski definition) is 8. The zero-order chi connectivity index (χ0) is 21.5. The summed E-state index contributed by atoms with van der Waals surface area (Å²) in [6.45, 7) is 1.84. The van der Waals surface area contributed by atoms with Gasteiger partial charge in [-0.15, -0.1) is 16.4 Å². The molecule has 10 nitrogen and oxygen atoms in total. The summed E-state index contributed by atoms with van der Waals surface area (Å²) in [7, 11) is 1.81. The molecule has 0 amide bonds. The Labute approximate surface area is 183 Å². The third-order valence-electron chi connectivity index (χ3n) is 4.88. The molecule has 0 spiro atoms. The van der Waals surface area contributed by atoms with E-state index in [1.807, 2.05) is 55.7 Å². The zero-order valence-corrected chi connectivity index (χ0v) is 18.1. The molecule has 0 radical (unpaired) electrons. The van der Waals surface area contributed by atoms with Gasteiger partial charge in [-0.1, -0.05) is 30.0 Å². The molecule has 0 unspecified atom stereocenters. The van der Waals surface area contributed by atoms with Crippen LogP contribution in [0.3, 0.4) is 0 Å². The molecular weight excluding hydrogens is 436 g/mol. The highest BCUT2D eigenvalue weighted by atomic mass is 32.2. The van der Waals surface area contributed by atoms with Gasteiger partial charge in [-0.25, -0.2) is 9.67 Å². The number of para-hydroxylation sites is 1. The van der Waals surface area contributed by atoms with Crippen molar-refractivity contribution in [1.82, 2.24) is 39.5 Å². The predicted octanol–water partition coefficient (Wildman–Crippen LogP) is 2.05. The van der Waals surface area contributed by atoms with Crippen LogP contribution in [0.25, 0.3) is 21.6 Å². The van der Waals surface area contributed by atoms with Crippen molar-refractivity contribution in [1.29, 1.82) is 0 Å². The SMILES string of the molecule is Cc1c(-n2nnnc2SCc2nc3ccsc3c(=O)[nH]2)c(=O)n(-c2ccccc2)n1C. The highest BCUT2D eigenvalue weighted by molar-refractivity contribution is 7.98. The van der Waals surface area contributed by atoms with E-state index in [4.69, 9.17) is 0 Å². The quantitative estimate of drug-likeness (QED) is 0.406. The number of thiophene rings is 1. The van der Waals surface area contributed by atoms with Gasteiger partial charge in [-0.2, -0.15) is 4.68 Å². The molecule has 0 atom stereocenters. The number of aromatic nitrogens is 8. The molecule has 0 aliphatic carbocycles. The zero-order valence-electron chi connectivity index (χ0n) is 16.5. The van der Waals surface area contributed by atoms with Crippen LogP contribution in [0.15, 0.2) is 56.5 Å². The molecular formula is C19H16N8O2S2. The molecule has 4 heterocycles. The van der Waals surface area contributed by atoms with Crippen LogP contribution < -0.4 is 11.1 Å². The van der Waals surface area contributed by atoms with Gasteiger partial charge in [0.1, 0.15) is 10.5 Å². The molecule has 0 saturated carbocycles. The Bertz CT molecular complexity index is 1510. The molecule has 1 aromatic carbocycles. The standard InChI is InChI=1S/C19H16N8O2S2/c1-11-15(18(29)27(25(11)2)12-6-4-3-5-7-12)26-19(22-23-24-26)31-10-14-20-13-8-9-30-16(13)17(28)21-14/h3-9H,10H2,1-2H3,(H,20,21,28). The molecule has 4 aromatic heterocycles. The summed E-state index contributed by atoms with van der Waals surface area (Å²) < 4.78 is 5.37. The highest BCUT2D eigenvalue weighted by Crippen LogP contribution is 2.23. The van der Waals surface area contributed by atoms with Crippen molar-refractivity contribution in [2.24, 2.45) is 7.05 Å². The summed E-state index contributed by atoms with van der Waals surface area (Å²) in [4.78, 5) is 32.7. The van der Waals surface area contributed by atoms with Crippen LogP contribution in [-0.4, -0.2) is 39.5 Å². The molecule has 0 bridgehead atoms. The first-order valence-electron chi connectivity index (χ1n) is 9.26. The fourth-order valence-electron chi connectivity index (χ4n) is 3.33. The molecule has 5 aromatic rings. The maximum absolute atomic E-state index is 13.3. The van der Waals surface area contributed by atoms with Crippen LogP contribution in [0.2, 0.25) is 0 Å². The molecule has 0 fully saturated rings. The number of hydrogen-bond donors (Lipinski definition) is 1. The number of fused-ring (bicyclic) bond motifs is 1. The van der Waals surface area contributed by atoms with Gasteiger partial charge in [0.15, 0.2) is 5.69 Å². The summed E-state index contributed by atoms with van der Waals surface area (Å²) in [6.07, 6.45) is 0. The smallest absolute Gasteiger partial charge is 0.297 e. The van der Waals surface area contributed by atoms with E-state index in [1.54, 1.807) is 9.36 Å². The third-order valence-corrected chi connectivity index (χ3v) is 6.71. The van der Waals surface area contributed by atoms with Crippen molar-refractivity contribution in [3.8, 4) is 11.4 Å². The minimum atomic E-state index is -0.230. The number of rotatable bonds is 5. The Balaban J connectivity index is 1.51. The van der Waals surface area contributed by atoms with Crippen LogP contribution in [0, 0.1) is 6.92 Å². The van der Waals surface area contributed by atoms with E-state index in [0.717, 1.165) is 5.69 Å². The number of nitrogens with zero attached hydrogens (tertiary/aromatic N) is 7. The molecule has 1 N–H and O–H groups in total. The van der Waals surface area contributed by atoms with Crippen molar-refractivity contribution in [2.75, 3.05) is 0 Å². The van der Waals surface area contributed by atoms with Crippen molar-refractivity contribution in [3.05, 3.63) is 74.0 Å². The lowest BCUT2D eigenvalue weighted by Crippen LogP contribution is -2.22. The van der Waals surface area contributed by atoms with E-state index < -0.39 is 0 Å². The van der Waals surface area contributed by atoms with Gasteiger partial charge in [-0.05, 0) is 40.9 Å². The van der Waals surface area contributed by atoms with E-state index in [0.29, 0.717) is 38.3 Å². The van der Waals surface area contributed by atoms with Crippen molar-refractivity contribution < 1.29 is 0 Å². The fourth-order valence-corrected chi connectivity index (χ4v) is 4.80. The average Bonchev–Trinajstić information content (AvgIpc) is 3.47. The lowest BCUT2D eigenvalue weighted by molar-refractivity contribution is 0.630. The second-order valence-corrected chi connectivity index (χ2v) is 8.58. The normalized spacial score (nSPS) is 11.4. The average molecular weight is 453 g/mol. The van der Waals surface area contributed by atoms with Crippen LogP contribution in [0.1, 0.15) is 11.5 Å². The molecule has 0 saturated heterocycles. The van der Waals surface area contributed by atoms with Gasteiger partial charge in [0.2, 0.25) is 5.16 Å². The molecule has 156 valence electrons. The Kier molecular flexibility index (Phi) is 4.79. The number of tetrazole rings is 1. The first-order valence-corrected chi connectivity index (χ1v) is 11.1. The second kappa shape index (κ2) is 7.63. The Morgan fingerprint density at radius 2 is 1.97 bits per heavy atom. The predicted molar refractivity (Wildman–Crippen MR) is 118 cm³/mol. The fraction of sp³-hybridized carbons (Fsp3) is 0.158. The topological polar surface area (TPSA) is 116 Å². The van der Waals surface area contributed by atoms with Crippen LogP contribution in [-0.2, 0) is 12.8 Å². The third kappa shape index (κ3) is 3.29. The number of nitrogens with one attached hydrogen (secondary N) is 1. The van der Waals surface area contributed by atoms with Gasteiger partial charge >= 0.3 is 0 Å².